The zero-order chi connectivity index (χ0) is 15.1. The first kappa shape index (κ1) is 14.0. The monoisotopic (exact) mass is 396 g/mol. The predicted molar refractivity (Wildman–Crippen MR) is 85.4 cm³/mol. The van der Waals surface area contributed by atoms with Gasteiger partial charge in [-0.3, -0.25) is 4.57 Å². The summed E-state index contributed by atoms with van der Waals surface area (Å²) >= 11 is 2.05. The summed E-state index contributed by atoms with van der Waals surface area (Å²) in [5, 5.41) is 9.24. The third kappa shape index (κ3) is 2.29. The number of carboxylic acids is 1. The van der Waals surface area contributed by atoms with Crippen molar-refractivity contribution in [1.82, 2.24) is 9.55 Å². The second-order valence-corrected chi connectivity index (χ2v) is 5.73. The molecule has 4 nitrogen and oxygen atoms in total. The molecular weight excluding hydrogens is 386 g/mol. The van der Waals surface area contributed by atoms with E-state index in [0.29, 0.717) is 16.9 Å². The van der Waals surface area contributed by atoms with Crippen LogP contribution >= 0.6 is 22.6 Å². The average molecular weight is 396 g/mol. The van der Waals surface area contributed by atoms with Crippen LogP contribution in [0, 0.1) is 16.3 Å². The smallest absolute Gasteiger partial charge is 0.337 e. The van der Waals surface area contributed by atoms with E-state index in [1.807, 2.05) is 4.57 Å². The summed E-state index contributed by atoms with van der Waals surface area (Å²) in [7, 11) is 0. The Hall–Kier alpha value is -1.96. The van der Waals surface area contributed by atoms with Gasteiger partial charge in [0.1, 0.15) is 17.2 Å². The van der Waals surface area contributed by atoms with Gasteiger partial charge >= 0.3 is 5.97 Å². The van der Waals surface area contributed by atoms with Crippen molar-refractivity contribution in [2.24, 2.45) is 0 Å². The zero-order valence-corrected chi connectivity index (χ0v) is 13.1. The number of aryl methyl sites for hydroxylation is 1. The fraction of sp³-hybridized carbons (Fsp3) is 0.0667. The standard InChI is InChI=1S/C15H10FIN2O2/c1-8-18-14-10(15(20)21)3-2-4-13(14)19(8)12-6-5-9(16)7-11(12)17/h2-7H,1H3,(H,20,21). The summed E-state index contributed by atoms with van der Waals surface area (Å²) in [6.07, 6.45) is 0. The number of aromatic carboxylic acids is 1. The SMILES string of the molecule is Cc1nc2c(C(=O)O)cccc2n1-c1ccc(F)cc1I. The van der Waals surface area contributed by atoms with E-state index >= 15 is 0 Å². The second-order valence-electron chi connectivity index (χ2n) is 4.57. The van der Waals surface area contributed by atoms with Crippen LogP contribution in [0.25, 0.3) is 16.7 Å². The molecule has 0 radical (unpaired) electrons. The zero-order valence-electron chi connectivity index (χ0n) is 11.0. The van der Waals surface area contributed by atoms with Crippen molar-refractivity contribution in [3.05, 3.63) is 57.2 Å². The second kappa shape index (κ2) is 5.10. The lowest BCUT2D eigenvalue weighted by Gasteiger charge is -2.09. The molecule has 0 saturated heterocycles. The van der Waals surface area contributed by atoms with Crippen LogP contribution in [0.3, 0.4) is 0 Å². The maximum Gasteiger partial charge on any atom is 0.337 e. The molecule has 0 saturated carbocycles. The lowest BCUT2D eigenvalue weighted by atomic mass is 10.2. The van der Waals surface area contributed by atoms with Crippen LogP contribution < -0.4 is 0 Å². The molecule has 0 aliphatic heterocycles. The number of halogens is 2. The highest BCUT2D eigenvalue weighted by Crippen LogP contribution is 2.27. The number of imidazole rings is 1. The molecule has 0 aliphatic rings. The number of fused-ring (bicyclic) bond motifs is 1. The first-order valence-electron chi connectivity index (χ1n) is 6.16. The molecule has 1 aromatic heterocycles. The van der Waals surface area contributed by atoms with Gasteiger partial charge in [0.25, 0.3) is 0 Å². The van der Waals surface area contributed by atoms with Crippen LogP contribution in [0.4, 0.5) is 4.39 Å². The van der Waals surface area contributed by atoms with Gasteiger partial charge in [0, 0.05) is 3.57 Å². The average Bonchev–Trinajstić information content (AvgIpc) is 2.74. The minimum absolute atomic E-state index is 0.159. The maximum absolute atomic E-state index is 13.3. The normalized spacial score (nSPS) is 11.0. The molecular formula is C15H10FIN2O2. The first-order chi connectivity index (χ1) is 9.99. The minimum Gasteiger partial charge on any atom is -0.478 e. The van der Waals surface area contributed by atoms with Gasteiger partial charge in [0.2, 0.25) is 0 Å². The number of benzene rings is 2. The quantitative estimate of drug-likeness (QED) is 0.671. The Kier molecular flexibility index (Phi) is 3.40. The van der Waals surface area contributed by atoms with Crippen molar-refractivity contribution in [2.45, 2.75) is 6.92 Å². The molecule has 6 heteroatoms. The summed E-state index contributed by atoms with van der Waals surface area (Å²) in [6, 6.07) is 9.49. The van der Waals surface area contributed by atoms with E-state index in [-0.39, 0.29) is 11.4 Å². The number of carbonyl (C=O) groups is 1. The molecule has 0 bridgehead atoms. The molecule has 0 spiro atoms. The van der Waals surface area contributed by atoms with Crippen LogP contribution in [-0.4, -0.2) is 20.6 Å². The first-order valence-corrected chi connectivity index (χ1v) is 7.23. The van der Waals surface area contributed by atoms with Crippen molar-refractivity contribution in [2.75, 3.05) is 0 Å². The van der Waals surface area contributed by atoms with Crippen LogP contribution in [-0.2, 0) is 0 Å². The lowest BCUT2D eigenvalue weighted by Crippen LogP contribution is -2.00. The molecule has 0 amide bonds. The number of hydrogen-bond donors (Lipinski definition) is 1. The molecule has 1 heterocycles. The topological polar surface area (TPSA) is 55.1 Å². The van der Waals surface area contributed by atoms with Gasteiger partial charge in [0.15, 0.2) is 0 Å². The Bertz CT molecular complexity index is 873. The van der Waals surface area contributed by atoms with Gasteiger partial charge in [-0.25, -0.2) is 14.2 Å². The molecule has 0 atom stereocenters. The van der Waals surface area contributed by atoms with Gasteiger partial charge in [0.05, 0.1) is 16.8 Å². The van der Waals surface area contributed by atoms with Crippen molar-refractivity contribution < 1.29 is 14.3 Å². The van der Waals surface area contributed by atoms with E-state index in [4.69, 9.17) is 0 Å². The molecule has 1 N–H and O–H groups in total. The van der Waals surface area contributed by atoms with Gasteiger partial charge in [-0.15, -0.1) is 0 Å². The third-order valence-electron chi connectivity index (χ3n) is 3.23. The van der Waals surface area contributed by atoms with E-state index in [9.17, 15) is 14.3 Å². The fourth-order valence-electron chi connectivity index (χ4n) is 2.35. The number of hydrogen-bond acceptors (Lipinski definition) is 2. The summed E-state index contributed by atoms with van der Waals surface area (Å²) in [6.45, 7) is 1.80. The van der Waals surface area contributed by atoms with Crippen molar-refractivity contribution in [1.29, 1.82) is 0 Å². The number of nitrogens with zero attached hydrogens (tertiary/aromatic N) is 2. The highest BCUT2D eigenvalue weighted by atomic mass is 127. The Morgan fingerprint density at radius 1 is 1.33 bits per heavy atom. The maximum atomic E-state index is 13.3. The molecule has 3 aromatic rings. The number of rotatable bonds is 2. The number of para-hydroxylation sites is 1. The Balaban J connectivity index is 2.36. The Morgan fingerprint density at radius 3 is 2.76 bits per heavy atom. The van der Waals surface area contributed by atoms with Crippen molar-refractivity contribution >= 4 is 39.6 Å². The molecule has 2 aromatic carbocycles. The van der Waals surface area contributed by atoms with Crippen molar-refractivity contribution in [3.8, 4) is 5.69 Å². The van der Waals surface area contributed by atoms with E-state index in [2.05, 4.69) is 27.6 Å². The van der Waals surface area contributed by atoms with Gasteiger partial charge in [-0.2, -0.15) is 0 Å². The third-order valence-corrected chi connectivity index (χ3v) is 4.10. The molecule has 0 fully saturated rings. The Labute approximate surface area is 133 Å². The van der Waals surface area contributed by atoms with Crippen molar-refractivity contribution in [3.63, 3.8) is 0 Å². The Morgan fingerprint density at radius 2 is 2.10 bits per heavy atom. The summed E-state index contributed by atoms with van der Waals surface area (Å²) < 4.78 is 15.8. The summed E-state index contributed by atoms with van der Waals surface area (Å²) in [5.41, 5.74) is 2.06. The summed E-state index contributed by atoms with van der Waals surface area (Å²) in [5.74, 6) is -0.668. The highest BCUT2D eigenvalue weighted by molar-refractivity contribution is 14.1. The van der Waals surface area contributed by atoms with E-state index in [1.54, 1.807) is 25.1 Å². The number of aromatic nitrogens is 2. The van der Waals surface area contributed by atoms with E-state index < -0.39 is 5.97 Å². The molecule has 21 heavy (non-hydrogen) atoms. The van der Waals surface area contributed by atoms with Crippen LogP contribution in [0.5, 0.6) is 0 Å². The van der Waals surface area contributed by atoms with Gasteiger partial charge < -0.3 is 5.11 Å². The fourth-order valence-corrected chi connectivity index (χ4v) is 3.07. The van der Waals surface area contributed by atoms with Crippen LogP contribution in [0.2, 0.25) is 0 Å². The van der Waals surface area contributed by atoms with Crippen LogP contribution in [0.15, 0.2) is 36.4 Å². The van der Waals surface area contributed by atoms with E-state index in [0.717, 1.165) is 9.26 Å². The minimum atomic E-state index is -1.01. The molecule has 3 rings (SSSR count). The lowest BCUT2D eigenvalue weighted by molar-refractivity contribution is 0.0699. The highest BCUT2D eigenvalue weighted by Gasteiger charge is 2.17. The van der Waals surface area contributed by atoms with Gasteiger partial charge in [-0.1, -0.05) is 6.07 Å². The summed E-state index contributed by atoms with van der Waals surface area (Å²) in [4.78, 5) is 15.6. The van der Waals surface area contributed by atoms with Crippen LogP contribution in [0.1, 0.15) is 16.2 Å². The largest absolute Gasteiger partial charge is 0.478 e. The predicted octanol–water partition coefficient (Wildman–Crippen LogP) is 3.78. The molecule has 0 aliphatic carbocycles. The number of carboxylic acid groups (broad SMARTS) is 1. The van der Waals surface area contributed by atoms with E-state index in [1.165, 1.54) is 18.2 Å². The molecule has 0 unspecified atom stereocenters. The molecule has 106 valence electrons. The van der Waals surface area contributed by atoms with Gasteiger partial charge in [-0.05, 0) is 59.8 Å².